The maximum atomic E-state index is 11.0. The SMILES string of the molecule is O=S1(=O)NCc2ccccc2N1. The summed E-state index contributed by atoms with van der Waals surface area (Å²) in [5, 5.41) is 0. The molecular weight excluding hydrogens is 176 g/mol. The third-order valence-electron chi connectivity index (χ3n) is 1.71. The van der Waals surface area contributed by atoms with Gasteiger partial charge in [-0.15, -0.1) is 0 Å². The molecule has 0 amide bonds. The van der Waals surface area contributed by atoms with Crippen LogP contribution in [0.2, 0.25) is 0 Å². The van der Waals surface area contributed by atoms with E-state index in [2.05, 4.69) is 9.44 Å². The minimum absolute atomic E-state index is 0.367. The third-order valence-corrected chi connectivity index (χ3v) is 2.73. The largest absolute Gasteiger partial charge is 0.299 e. The molecule has 1 aromatic carbocycles. The molecule has 64 valence electrons. The van der Waals surface area contributed by atoms with Crippen molar-refractivity contribution in [3.63, 3.8) is 0 Å². The minimum Gasteiger partial charge on any atom is -0.271 e. The summed E-state index contributed by atoms with van der Waals surface area (Å²) in [5.74, 6) is 0. The van der Waals surface area contributed by atoms with Crippen LogP contribution < -0.4 is 9.44 Å². The molecule has 2 N–H and O–H groups in total. The van der Waals surface area contributed by atoms with Gasteiger partial charge in [0.25, 0.3) is 10.2 Å². The zero-order valence-electron chi connectivity index (χ0n) is 6.24. The Kier molecular flexibility index (Phi) is 1.55. The van der Waals surface area contributed by atoms with Crippen molar-refractivity contribution in [3.05, 3.63) is 29.8 Å². The van der Waals surface area contributed by atoms with Gasteiger partial charge in [-0.05, 0) is 11.6 Å². The molecule has 0 atom stereocenters. The molecule has 0 bridgehead atoms. The fourth-order valence-corrected chi connectivity index (χ4v) is 2.03. The van der Waals surface area contributed by atoms with Crippen molar-refractivity contribution in [3.8, 4) is 0 Å². The Morgan fingerprint density at radius 1 is 1.25 bits per heavy atom. The Balaban J connectivity index is 2.48. The van der Waals surface area contributed by atoms with E-state index in [4.69, 9.17) is 0 Å². The highest BCUT2D eigenvalue weighted by atomic mass is 32.2. The van der Waals surface area contributed by atoms with E-state index in [1.165, 1.54) is 0 Å². The first kappa shape index (κ1) is 7.57. The first-order chi connectivity index (χ1) is 5.67. The van der Waals surface area contributed by atoms with Crippen LogP contribution in [0.25, 0.3) is 0 Å². The second-order valence-electron chi connectivity index (χ2n) is 2.58. The number of hydrogen-bond acceptors (Lipinski definition) is 2. The van der Waals surface area contributed by atoms with Gasteiger partial charge in [-0.25, -0.2) is 0 Å². The Hall–Kier alpha value is -1.07. The van der Waals surface area contributed by atoms with Crippen LogP contribution in [0.5, 0.6) is 0 Å². The van der Waals surface area contributed by atoms with E-state index in [1.54, 1.807) is 12.1 Å². The molecular formula is C7H8N2O2S. The van der Waals surface area contributed by atoms with Crippen molar-refractivity contribution < 1.29 is 8.42 Å². The predicted octanol–water partition coefficient (Wildman–Crippen LogP) is 0.446. The van der Waals surface area contributed by atoms with Gasteiger partial charge in [0, 0.05) is 6.54 Å². The van der Waals surface area contributed by atoms with Gasteiger partial charge in [-0.2, -0.15) is 13.1 Å². The Morgan fingerprint density at radius 2 is 2.00 bits per heavy atom. The van der Waals surface area contributed by atoms with Crippen LogP contribution in [0.3, 0.4) is 0 Å². The van der Waals surface area contributed by atoms with Crippen molar-refractivity contribution in [2.75, 3.05) is 4.72 Å². The lowest BCUT2D eigenvalue weighted by Gasteiger charge is -2.18. The number of rotatable bonds is 0. The number of para-hydroxylation sites is 1. The summed E-state index contributed by atoms with van der Waals surface area (Å²) in [6.07, 6.45) is 0. The maximum absolute atomic E-state index is 11.0. The number of hydrogen-bond donors (Lipinski definition) is 2. The van der Waals surface area contributed by atoms with E-state index < -0.39 is 10.2 Å². The first-order valence-electron chi connectivity index (χ1n) is 3.53. The maximum Gasteiger partial charge on any atom is 0.299 e. The first-order valence-corrected chi connectivity index (χ1v) is 5.01. The lowest BCUT2D eigenvalue weighted by molar-refractivity contribution is 0.584. The van der Waals surface area contributed by atoms with Gasteiger partial charge < -0.3 is 0 Å². The van der Waals surface area contributed by atoms with Gasteiger partial charge in [-0.3, -0.25) is 4.72 Å². The van der Waals surface area contributed by atoms with E-state index in [-0.39, 0.29) is 0 Å². The summed E-state index contributed by atoms with van der Waals surface area (Å²) in [6, 6.07) is 7.30. The fraction of sp³-hybridized carbons (Fsp3) is 0.143. The zero-order valence-corrected chi connectivity index (χ0v) is 7.06. The van der Waals surface area contributed by atoms with Gasteiger partial charge in [0.1, 0.15) is 0 Å². The highest BCUT2D eigenvalue weighted by Crippen LogP contribution is 2.19. The van der Waals surface area contributed by atoms with Gasteiger partial charge in [0.05, 0.1) is 5.69 Å². The molecule has 1 aliphatic rings. The van der Waals surface area contributed by atoms with Crippen LogP contribution in [-0.2, 0) is 16.8 Å². The Bertz CT molecular complexity index is 400. The molecule has 1 aliphatic heterocycles. The predicted molar refractivity (Wildman–Crippen MR) is 45.8 cm³/mol. The Labute approximate surface area is 70.8 Å². The molecule has 0 unspecified atom stereocenters. The lowest BCUT2D eigenvalue weighted by Crippen LogP contribution is -2.34. The van der Waals surface area contributed by atoms with E-state index in [0.29, 0.717) is 12.2 Å². The van der Waals surface area contributed by atoms with Crippen molar-refractivity contribution in [2.45, 2.75) is 6.54 Å². The molecule has 0 radical (unpaired) electrons. The van der Waals surface area contributed by atoms with Gasteiger partial charge in [0.2, 0.25) is 0 Å². The smallest absolute Gasteiger partial charge is 0.271 e. The monoisotopic (exact) mass is 184 g/mol. The minimum atomic E-state index is -3.30. The number of nitrogens with one attached hydrogen (secondary N) is 2. The molecule has 1 aromatic rings. The second kappa shape index (κ2) is 2.46. The number of fused-ring (bicyclic) bond motifs is 1. The summed E-state index contributed by atoms with van der Waals surface area (Å²) in [6.45, 7) is 0.367. The third kappa shape index (κ3) is 1.28. The van der Waals surface area contributed by atoms with E-state index in [9.17, 15) is 8.42 Å². The summed E-state index contributed by atoms with van der Waals surface area (Å²) < 4.78 is 26.8. The normalized spacial score (nSPS) is 19.3. The topological polar surface area (TPSA) is 58.2 Å². The standard InChI is InChI=1S/C7H8N2O2S/c10-12(11)8-5-6-3-1-2-4-7(6)9-12/h1-4,8-9H,5H2. The molecule has 1 heterocycles. The summed E-state index contributed by atoms with van der Waals surface area (Å²) >= 11 is 0. The quantitative estimate of drug-likeness (QED) is 0.615. The molecule has 0 saturated heterocycles. The van der Waals surface area contributed by atoms with Crippen molar-refractivity contribution in [2.24, 2.45) is 0 Å². The molecule has 12 heavy (non-hydrogen) atoms. The second-order valence-corrected chi connectivity index (χ2v) is 4.08. The van der Waals surface area contributed by atoms with E-state index >= 15 is 0 Å². The van der Waals surface area contributed by atoms with Gasteiger partial charge in [0.15, 0.2) is 0 Å². The molecule has 0 spiro atoms. The van der Waals surface area contributed by atoms with Crippen molar-refractivity contribution in [1.29, 1.82) is 0 Å². The molecule has 0 fully saturated rings. The van der Waals surface area contributed by atoms with Crippen LogP contribution >= 0.6 is 0 Å². The Morgan fingerprint density at radius 3 is 2.83 bits per heavy atom. The summed E-state index contributed by atoms with van der Waals surface area (Å²) in [7, 11) is -3.30. The summed E-state index contributed by atoms with van der Waals surface area (Å²) in [4.78, 5) is 0. The van der Waals surface area contributed by atoms with Crippen molar-refractivity contribution in [1.82, 2.24) is 4.72 Å². The average Bonchev–Trinajstić information content (AvgIpc) is 2.02. The van der Waals surface area contributed by atoms with Crippen LogP contribution in [0.15, 0.2) is 24.3 Å². The van der Waals surface area contributed by atoms with Crippen LogP contribution in [0.1, 0.15) is 5.56 Å². The van der Waals surface area contributed by atoms with E-state index in [1.807, 2.05) is 12.1 Å². The van der Waals surface area contributed by atoms with Crippen LogP contribution in [-0.4, -0.2) is 8.42 Å². The molecule has 0 aliphatic carbocycles. The molecule has 0 aromatic heterocycles. The number of anilines is 1. The summed E-state index contributed by atoms with van der Waals surface area (Å²) in [5.41, 5.74) is 1.63. The molecule has 2 rings (SSSR count). The van der Waals surface area contributed by atoms with Gasteiger partial charge >= 0.3 is 0 Å². The lowest BCUT2D eigenvalue weighted by atomic mass is 10.2. The highest BCUT2D eigenvalue weighted by Gasteiger charge is 2.17. The van der Waals surface area contributed by atoms with Crippen molar-refractivity contribution >= 4 is 15.9 Å². The molecule has 0 saturated carbocycles. The van der Waals surface area contributed by atoms with Crippen LogP contribution in [0.4, 0.5) is 5.69 Å². The zero-order chi connectivity index (χ0) is 8.60. The van der Waals surface area contributed by atoms with Crippen LogP contribution in [0, 0.1) is 0 Å². The number of benzene rings is 1. The van der Waals surface area contributed by atoms with Gasteiger partial charge in [-0.1, -0.05) is 18.2 Å². The average molecular weight is 184 g/mol. The fourth-order valence-electron chi connectivity index (χ4n) is 1.13. The molecule has 4 nitrogen and oxygen atoms in total. The molecule has 5 heteroatoms. The van der Waals surface area contributed by atoms with E-state index in [0.717, 1.165) is 5.56 Å². The highest BCUT2D eigenvalue weighted by molar-refractivity contribution is 7.90.